The molecule has 0 amide bonds. The van der Waals surface area contributed by atoms with Crippen LogP contribution in [0.3, 0.4) is 0 Å². The van der Waals surface area contributed by atoms with E-state index in [4.69, 9.17) is 10.8 Å². The molecule has 0 saturated carbocycles. The van der Waals surface area contributed by atoms with E-state index in [9.17, 15) is 4.39 Å². The van der Waals surface area contributed by atoms with E-state index >= 15 is 0 Å². The summed E-state index contributed by atoms with van der Waals surface area (Å²) in [5.74, 6) is -0.291. The predicted octanol–water partition coefficient (Wildman–Crippen LogP) is 1.21. The fraction of sp³-hybridized carbons (Fsp3) is 0.400. The van der Waals surface area contributed by atoms with Crippen molar-refractivity contribution >= 4 is 0 Å². The predicted molar refractivity (Wildman–Crippen MR) is 49.7 cm³/mol. The first-order valence-corrected chi connectivity index (χ1v) is 4.29. The van der Waals surface area contributed by atoms with Crippen LogP contribution in [-0.4, -0.2) is 11.2 Å². The van der Waals surface area contributed by atoms with E-state index in [2.05, 4.69) is 0 Å². The molecule has 72 valence electrons. The van der Waals surface area contributed by atoms with Crippen LogP contribution in [0.5, 0.6) is 0 Å². The summed E-state index contributed by atoms with van der Waals surface area (Å²) >= 11 is 0. The summed E-state index contributed by atoms with van der Waals surface area (Å²) < 4.78 is 13.1. The highest BCUT2D eigenvalue weighted by Gasteiger charge is 2.03. The highest BCUT2D eigenvalue weighted by atomic mass is 19.1. The van der Waals surface area contributed by atoms with Crippen LogP contribution in [0.15, 0.2) is 18.2 Å². The van der Waals surface area contributed by atoms with E-state index in [-0.39, 0.29) is 12.4 Å². The molecule has 1 rings (SSSR count). The summed E-state index contributed by atoms with van der Waals surface area (Å²) in [6.07, 6.45) is 0.0324. The Hall–Kier alpha value is -0.930. The van der Waals surface area contributed by atoms with Gasteiger partial charge in [-0.2, -0.15) is 0 Å². The molecule has 3 N–H and O–H groups in total. The van der Waals surface area contributed by atoms with Crippen LogP contribution in [-0.2, 0) is 13.0 Å². The summed E-state index contributed by atoms with van der Waals surface area (Å²) in [6, 6.07) is 4.87. The zero-order valence-electron chi connectivity index (χ0n) is 7.63. The minimum absolute atomic E-state index is 0.209. The number of halogens is 1. The van der Waals surface area contributed by atoms with Crippen molar-refractivity contribution in [3.05, 3.63) is 35.1 Å². The van der Waals surface area contributed by atoms with Crippen molar-refractivity contribution in [1.29, 1.82) is 0 Å². The van der Waals surface area contributed by atoms with Crippen molar-refractivity contribution in [2.75, 3.05) is 0 Å². The molecular formula is C10H14FNO. The Bertz CT molecular complexity index is 286. The molecule has 3 heteroatoms. The largest absolute Gasteiger partial charge is 0.393 e. The van der Waals surface area contributed by atoms with Crippen LogP contribution in [0.4, 0.5) is 4.39 Å². The molecular weight excluding hydrogens is 169 g/mol. The minimum Gasteiger partial charge on any atom is -0.393 e. The number of aliphatic hydroxyl groups is 1. The van der Waals surface area contributed by atoms with Gasteiger partial charge in [0.2, 0.25) is 0 Å². The molecule has 2 nitrogen and oxygen atoms in total. The Morgan fingerprint density at radius 2 is 2.23 bits per heavy atom. The molecule has 0 aromatic heterocycles. The second-order valence-electron chi connectivity index (χ2n) is 3.18. The topological polar surface area (TPSA) is 46.2 Å². The molecule has 0 bridgehead atoms. The molecule has 0 aliphatic heterocycles. The smallest absolute Gasteiger partial charge is 0.127 e. The van der Waals surface area contributed by atoms with Crippen LogP contribution < -0.4 is 5.73 Å². The van der Waals surface area contributed by atoms with Gasteiger partial charge >= 0.3 is 0 Å². The Kier molecular flexibility index (Phi) is 3.39. The second-order valence-corrected chi connectivity index (χ2v) is 3.18. The average Bonchev–Trinajstić information content (AvgIpc) is 2.03. The van der Waals surface area contributed by atoms with Crippen molar-refractivity contribution in [2.24, 2.45) is 5.73 Å². The molecule has 0 heterocycles. The molecule has 0 fully saturated rings. The molecule has 1 unspecified atom stereocenters. The maximum absolute atomic E-state index is 13.1. The fourth-order valence-corrected chi connectivity index (χ4v) is 1.22. The first kappa shape index (κ1) is 10.2. The van der Waals surface area contributed by atoms with Gasteiger partial charge in [0.05, 0.1) is 6.10 Å². The summed E-state index contributed by atoms with van der Waals surface area (Å²) in [5, 5.41) is 9.08. The monoisotopic (exact) mass is 183 g/mol. The Morgan fingerprint density at radius 1 is 1.54 bits per heavy atom. The molecule has 0 saturated heterocycles. The van der Waals surface area contributed by atoms with Gasteiger partial charge in [-0.25, -0.2) is 4.39 Å². The lowest BCUT2D eigenvalue weighted by Crippen LogP contribution is -2.06. The van der Waals surface area contributed by atoms with Crippen LogP contribution in [0.25, 0.3) is 0 Å². The third kappa shape index (κ3) is 2.79. The lowest BCUT2D eigenvalue weighted by molar-refractivity contribution is 0.195. The number of nitrogens with two attached hydrogens (primary N) is 1. The molecule has 0 spiro atoms. The van der Waals surface area contributed by atoms with Gasteiger partial charge < -0.3 is 10.8 Å². The summed E-state index contributed by atoms with van der Waals surface area (Å²) in [7, 11) is 0. The Labute approximate surface area is 77.2 Å². The van der Waals surface area contributed by atoms with E-state index in [1.165, 1.54) is 6.07 Å². The van der Waals surface area contributed by atoms with E-state index in [0.29, 0.717) is 12.0 Å². The third-order valence-electron chi connectivity index (χ3n) is 1.87. The molecule has 13 heavy (non-hydrogen) atoms. The Balaban J connectivity index is 2.83. The standard InChI is InChI=1S/C10H14FNO/c1-7(13)4-8-2-3-9(6-12)10(11)5-8/h2-3,5,7,13H,4,6,12H2,1H3. The van der Waals surface area contributed by atoms with Gasteiger partial charge in [-0.3, -0.25) is 0 Å². The second kappa shape index (κ2) is 4.35. The van der Waals surface area contributed by atoms with Gasteiger partial charge in [0.25, 0.3) is 0 Å². The molecule has 0 aliphatic carbocycles. The zero-order chi connectivity index (χ0) is 9.84. The van der Waals surface area contributed by atoms with Crippen molar-refractivity contribution in [3.8, 4) is 0 Å². The summed E-state index contributed by atoms with van der Waals surface area (Å²) in [6.45, 7) is 1.88. The average molecular weight is 183 g/mol. The maximum atomic E-state index is 13.1. The first-order chi connectivity index (χ1) is 6.13. The van der Waals surface area contributed by atoms with Crippen molar-refractivity contribution in [2.45, 2.75) is 26.0 Å². The van der Waals surface area contributed by atoms with Crippen LogP contribution >= 0.6 is 0 Å². The molecule has 0 radical (unpaired) electrons. The SMILES string of the molecule is CC(O)Cc1ccc(CN)c(F)c1. The van der Waals surface area contributed by atoms with Gasteiger partial charge in [-0.05, 0) is 25.0 Å². The van der Waals surface area contributed by atoms with E-state index < -0.39 is 6.10 Å². The van der Waals surface area contributed by atoms with E-state index in [1.807, 2.05) is 0 Å². The Morgan fingerprint density at radius 3 is 2.69 bits per heavy atom. The number of benzene rings is 1. The normalized spacial score (nSPS) is 12.9. The van der Waals surface area contributed by atoms with Gasteiger partial charge in [0.1, 0.15) is 5.82 Å². The molecule has 1 aromatic rings. The highest BCUT2D eigenvalue weighted by Crippen LogP contribution is 2.11. The van der Waals surface area contributed by atoms with Gasteiger partial charge in [0.15, 0.2) is 0 Å². The van der Waals surface area contributed by atoms with Crippen molar-refractivity contribution < 1.29 is 9.50 Å². The highest BCUT2D eigenvalue weighted by molar-refractivity contribution is 5.24. The maximum Gasteiger partial charge on any atom is 0.127 e. The minimum atomic E-state index is -0.442. The lowest BCUT2D eigenvalue weighted by atomic mass is 10.1. The van der Waals surface area contributed by atoms with Gasteiger partial charge in [0, 0.05) is 12.1 Å². The van der Waals surface area contributed by atoms with Crippen LogP contribution in [0.1, 0.15) is 18.1 Å². The van der Waals surface area contributed by atoms with Crippen LogP contribution in [0.2, 0.25) is 0 Å². The molecule has 0 aliphatic rings. The zero-order valence-corrected chi connectivity index (χ0v) is 7.63. The first-order valence-electron chi connectivity index (χ1n) is 4.29. The number of hydrogen-bond acceptors (Lipinski definition) is 2. The van der Waals surface area contributed by atoms with Gasteiger partial charge in [-0.15, -0.1) is 0 Å². The summed E-state index contributed by atoms with van der Waals surface area (Å²) in [4.78, 5) is 0. The fourth-order valence-electron chi connectivity index (χ4n) is 1.22. The molecule has 1 aromatic carbocycles. The van der Waals surface area contributed by atoms with Crippen molar-refractivity contribution in [3.63, 3.8) is 0 Å². The number of rotatable bonds is 3. The van der Waals surface area contributed by atoms with Crippen molar-refractivity contribution in [1.82, 2.24) is 0 Å². The molecule has 1 atom stereocenters. The third-order valence-corrected chi connectivity index (χ3v) is 1.87. The number of hydrogen-bond donors (Lipinski definition) is 2. The van der Waals surface area contributed by atoms with Crippen LogP contribution in [0, 0.1) is 5.82 Å². The van der Waals surface area contributed by atoms with E-state index in [1.54, 1.807) is 19.1 Å². The quantitative estimate of drug-likeness (QED) is 0.739. The van der Waals surface area contributed by atoms with E-state index in [0.717, 1.165) is 5.56 Å². The number of aliphatic hydroxyl groups excluding tert-OH is 1. The lowest BCUT2D eigenvalue weighted by Gasteiger charge is -2.06. The van der Waals surface area contributed by atoms with Gasteiger partial charge in [-0.1, -0.05) is 12.1 Å². The summed E-state index contributed by atoms with van der Waals surface area (Å²) in [5.41, 5.74) is 6.62.